The minimum atomic E-state index is -1.03. The largest absolute Gasteiger partial charge is 0.490 e. The Kier molecular flexibility index (Phi) is 10.0. The van der Waals surface area contributed by atoms with E-state index in [2.05, 4.69) is 13.5 Å². The number of benzene rings is 3. The molecule has 0 aromatic heterocycles. The zero-order valence-electron chi connectivity index (χ0n) is 22.5. The Morgan fingerprint density at radius 1 is 0.795 bits per heavy atom. The molecule has 3 aromatic rings. The molecule has 0 amide bonds. The van der Waals surface area contributed by atoms with Gasteiger partial charge in [0.2, 0.25) is 5.82 Å². The standard InChI is InChI=1S/C34H36F4O/c1-3-5-7-8-22-39-30-21-20-29(33(37)34(30)38)26-16-14-25(15-17-26)28-19-18-27(31(35)32(28)36)24-12-10-23(11-13-24)9-6-4-2/h4,12,14-21,23H,2-3,5-11,13,22H2,1H3. The molecule has 0 radical (unpaired) electrons. The minimum absolute atomic E-state index is 0.0787. The summed E-state index contributed by atoms with van der Waals surface area (Å²) >= 11 is 0. The van der Waals surface area contributed by atoms with Gasteiger partial charge in [0.15, 0.2) is 23.2 Å². The summed E-state index contributed by atoms with van der Waals surface area (Å²) in [5.41, 5.74) is 2.24. The van der Waals surface area contributed by atoms with Gasteiger partial charge in [-0.2, -0.15) is 4.39 Å². The summed E-state index contributed by atoms with van der Waals surface area (Å²) in [4.78, 5) is 0. The summed E-state index contributed by atoms with van der Waals surface area (Å²) in [7, 11) is 0. The van der Waals surface area contributed by atoms with Crippen LogP contribution in [0.3, 0.4) is 0 Å². The lowest BCUT2D eigenvalue weighted by molar-refractivity contribution is 0.285. The maximum absolute atomic E-state index is 15.2. The first kappa shape index (κ1) is 28.7. The molecule has 1 unspecified atom stereocenters. The number of ether oxygens (including phenoxy) is 1. The van der Waals surface area contributed by atoms with Gasteiger partial charge in [0.1, 0.15) is 0 Å². The molecule has 4 rings (SSSR count). The Balaban J connectivity index is 1.48. The van der Waals surface area contributed by atoms with Crippen molar-refractivity contribution in [3.8, 4) is 28.0 Å². The normalized spacial score (nSPS) is 15.2. The fourth-order valence-corrected chi connectivity index (χ4v) is 5.18. The second-order valence-corrected chi connectivity index (χ2v) is 10.3. The van der Waals surface area contributed by atoms with E-state index in [4.69, 9.17) is 4.74 Å². The van der Waals surface area contributed by atoms with Gasteiger partial charge in [-0.25, -0.2) is 13.2 Å². The fraction of sp³-hybridized carbons (Fsp3) is 0.353. The molecule has 0 heterocycles. The molecule has 1 aliphatic carbocycles. The SMILES string of the molecule is C=CCCC1CC=C(c2ccc(-c3ccc(-c4ccc(OCCCCCC)c(F)c4F)cc3)c(F)c2F)CC1. The Morgan fingerprint density at radius 2 is 1.41 bits per heavy atom. The van der Waals surface area contributed by atoms with Gasteiger partial charge in [-0.15, -0.1) is 6.58 Å². The first-order valence-corrected chi connectivity index (χ1v) is 13.9. The third-order valence-corrected chi connectivity index (χ3v) is 7.54. The van der Waals surface area contributed by atoms with Crippen molar-refractivity contribution in [2.75, 3.05) is 6.61 Å². The van der Waals surface area contributed by atoms with E-state index >= 15 is 8.78 Å². The van der Waals surface area contributed by atoms with E-state index in [0.29, 0.717) is 29.2 Å². The molecule has 1 atom stereocenters. The lowest BCUT2D eigenvalue weighted by atomic mass is 9.83. The average Bonchev–Trinajstić information content (AvgIpc) is 2.96. The van der Waals surface area contributed by atoms with Gasteiger partial charge in [-0.05, 0) is 73.3 Å². The summed E-state index contributed by atoms with van der Waals surface area (Å²) in [5.74, 6) is -3.35. The average molecular weight is 537 g/mol. The van der Waals surface area contributed by atoms with Gasteiger partial charge in [0.05, 0.1) is 6.61 Å². The fourth-order valence-electron chi connectivity index (χ4n) is 5.18. The van der Waals surface area contributed by atoms with Crippen molar-refractivity contribution in [3.63, 3.8) is 0 Å². The number of unbranched alkanes of at least 4 members (excludes halogenated alkanes) is 3. The van der Waals surface area contributed by atoms with Crippen LogP contribution in [-0.2, 0) is 0 Å². The molecular formula is C34H36F4O. The summed E-state index contributed by atoms with van der Waals surface area (Å²) in [6, 6.07) is 12.5. The Labute approximate surface area is 229 Å². The van der Waals surface area contributed by atoms with E-state index in [-0.39, 0.29) is 16.9 Å². The molecule has 0 fully saturated rings. The van der Waals surface area contributed by atoms with E-state index in [1.165, 1.54) is 12.1 Å². The van der Waals surface area contributed by atoms with E-state index in [0.717, 1.165) is 63.4 Å². The highest BCUT2D eigenvalue weighted by atomic mass is 19.2. The van der Waals surface area contributed by atoms with Crippen LogP contribution in [0.5, 0.6) is 5.75 Å². The van der Waals surface area contributed by atoms with Gasteiger partial charge in [0, 0.05) is 16.7 Å². The minimum Gasteiger partial charge on any atom is -0.490 e. The van der Waals surface area contributed by atoms with Gasteiger partial charge in [-0.3, -0.25) is 0 Å². The number of allylic oxidation sites excluding steroid dienone is 3. The third kappa shape index (κ3) is 6.81. The molecule has 1 nitrogen and oxygen atoms in total. The third-order valence-electron chi connectivity index (χ3n) is 7.54. The van der Waals surface area contributed by atoms with Gasteiger partial charge >= 0.3 is 0 Å². The summed E-state index contributed by atoms with van der Waals surface area (Å²) < 4.78 is 65.2. The number of halogens is 4. The Hall–Kier alpha value is -3.34. The van der Waals surface area contributed by atoms with Crippen LogP contribution < -0.4 is 4.74 Å². The van der Waals surface area contributed by atoms with Gasteiger partial charge in [-0.1, -0.05) is 74.7 Å². The van der Waals surface area contributed by atoms with Crippen LogP contribution >= 0.6 is 0 Å². The highest BCUT2D eigenvalue weighted by Gasteiger charge is 2.21. The zero-order chi connectivity index (χ0) is 27.8. The monoisotopic (exact) mass is 536 g/mol. The second-order valence-electron chi connectivity index (χ2n) is 10.3. The molecule has 0 bridgehead atoms. The van der Waals surface area contributed by atoms with Crippen LogP contribution in [0.1, 0.15) is 70.3 Å². The molecule has 1 aliphatic rings. The van der Waals surface area contributed by atoms with Crippen LogP contribution in [0.15, 0.2) is 67.3 Å². The predicted octanol–water partition coefficient (Wildman–Crippen LogP) is 10.7. The van der Waals surface area contributed by atoms with E-state index in [9.17, 15) is 8.78 Å². The van der Waals surface area contributed by atoms with Crippen LogP contribution in [0.25, 0.3) is 27.8 Å². The zero-order valence-corrected chi connectivity index (χ0v) is 22.5. The molecule has 0 saturated heterocycles. The Bertz CT molecular complexity index is 1310. The van der Waals surface area contributed by atoms with Crippen molar-refractivity contribution in [3.05, 3.63) is 96.1 Å². The van der Waals surface area contributed by atoms with Crippen molar-refractivity contribution in [1.29, 1.82) is 0 Å². The van der Waals surface area contributed by atoms with Crippen molar-refractivity contribution < 1.29 is 22.3 Å². The van der Waals surface area contributed by atoms with E-state index in [1.807, 2.05) is 12.2 Å². The number of hydrogen-bond donors (Lipinski definition) is 0. The highest BCUT2D eigenvalue weighted by molar-refractivity contribution is 5.74. The molecule has 0 saturated carbocycles. The van der Waals surface area contributed by atoms with Gasteiger partial charge in [0.25, 0.3) is 0 Å². The molecule has 5 heteroatoms. The van der Waals surface area contributed by atoms with Crippen molar-refractivity contribution in [2.45, 2.75) is 64.7 Å². The summed E-state index contributed by atoms with van der Waals surface area (Å²) in [5, 5.41) is 0. The molecule has 0 N–H and O–H groups in total. The molecule has 0 spiro atoms. The Morgan fingerprint density at radius 3 is 2.03 bits per heavy atom. The predicted molar refractivity (Wildman–Crippen MR) is 152 cm³/mol. The quantitative estimate of drug-likeness (QED) is 0.127. The number of rotatable bonds is 12. The van der Waals surface area contributed by atoms with E-state index < -0.39 is 23.3 Å². The van der Waals surface area contributed by atoms with Crippen molar-refractivity contribution in [1.82, 2.24) is 0 Å². The van der Waals surface area contributed by atoms with E-state index in [1.54, 1.807) is 36.4 Å². The molecule has 0 aliphatic heterocycles. The van der Waals surface area contributed by atoms with Gasteiger partial charge < -0.3 is 4.74 Å². The van der Waals surface area contributed by atoms with Crippen molar-refractivity contribution >= 4 is 5.57 Å². The first-order valence-electron chi connectivity index (χ1n) is 13.9. The maximum atomic E-state index is 15.2. The molecule has 206 valence electrons. The number of hydrogen-bond acceptors (Lipinski definition) is 1. The van der Waals surface area contributed by atoms with Crippen LogP contribution in [0.4, 0.5) is 17.6 Å². The maximum Gasteiger partial charge on any atom is 0.201 e. The lowest BCUT2D eigenvalue weighted by Crippen LogP contribution is -2.07. The molecular weight excluding hydrogens is 500 g/mol. The smallest absolute Gasteiger partial charge is 0.201 e. The summed E-state index contributed by atoms with van der Waals surface area (Å²) in [6.07, 6.45) is 12.4. The first-order chi connectivity index (χ1) is 18.9. The topological polar surface area (TPSA) is 9.23 Å². The lowest BCUT2D eigenvalue weighted by Gasteiger charge is -2.22. The second kappa shape index (κ2) is 13.6. The highest BCUT2D eigenvalue weighted by Crippen LogP contribution is 2.37. The summed E-state index contributed by atoms with van der Waals surface area (Å²) in [6.45, 7) is 6.20. The van der Waals surface area contributed by atoms with Crippen LogP contribution in [0, 0.1) is 29.2 Å². The molecule has 39 heavy (non-hydrogen) atoms. The van der Waals surface area contributed by atoms with Crippen LogP contribution in [0.2, 0.25) is 0 Å². The molecule has 3 aromatic carbocycles. The van der Waals surface area contributed by atoms with Crippen LogP contribution in [-0.4, -0.2) is 6.61 Å². The van der Waals surface area contributed by atoms with Crippen molar-refractivity contribution in [2.24, 2.45) is 5.92 Å².